The third-order valence-corrected chi connectivity index (χ3v) is 6.49. The summed E-state index contributed by atoms with van der Waals surface area (Å²) in [6.45, 7) is 6.02. The van der Waals surface area contributed by atoms with Crippen LogP contribution in [0.1, 0.15) is 63.2 Å². The lowest BCUT2D eigenvalue weighted by molar-refractivity contribution is -0.136. The fourth-order valence-corrected chi connectivity index (χ4v) is 5.83. The molecule has 1 aromatic rings. The van der Waals surface area contributed by atoms with Gasteiger partial charge in [0.05, 0.1) is 22.9 Å². The highest BCUT2D eigenvalue weighted by Gasteiger charge is 2.55. The van der Waals surface area contributed by atoms with Gasteiger partial charge < -0.3 is 10.4 Å². The van der Waals surface area contributed by atoms with Gasteiger partial charge in [-0.1, -0.05) is 11.6 Å². The number of nitrogens with one attached hydrogen (secondary N) is 1. The molecule has 0 aliphatic heterocycles. The van der Waals surface area contributed by atoms with E-state index < -0.39 is 5.60 Å². The minimum Gasteiger partial charge on any atom is -0.390 e. The van der Waals surface area contributed by atoms with Crippen LogP contribution in [0.5, 0.6) is 0 Å². The van der Waals surface area contributed by atoms with E-state index in [1.165, 1.54) is 0 Å². The summed E-state index contributed by atoms with van der Waals surface area (Å²) in [5, 5.41) is 18.6. The molecule has 0 saturated heterocycles. The molecule has 132 valence electrons. The van der Waals surface area contributed by atoms with E-state index in [1.54, 1.807) is 10.9 Å². The van der Waals surface area contributed by atoms with Gasteiger partial charge in [0.1, 0.15) is 5.15 Å². The molecule has 5 rings (SSSR count). The van der Waals surface area contributed by atoms with Crippen molar-refractivity contribution in [3.8, 4) is 0 Å². The summed E-state index contributed by atoms with van der Waals surface area (Å²) in [7, 11) is 0. The van der Waals surface area contributed by atoms with Crippen molar-refractivity contribution >= 4 is 17.5 Å². The maximum absolute atomic E-state index is 12.8. The van der Waals surface area contributed by atoms with Gasteiger partial charge in [-0.3, -0.25) is 4.79 Å². The fraction of sp³-hybridized carbons (Fsp3) is 0.778. The number of carbonyl (C=O) groups is 1. The Morgan fingerprint density at radius 3 is 2.46 bits per heavy atom. The van der Waals surface area contributed by atoms with Crippen LogP contribution in [-0.4, -0.2) is 32.4 Å². The standard InChI is InChI=1S/C18H26ClN3O2/c1-17(2,3)22-15(19)13(9-20-22)16(23)21-14-11-4-10-5-12(14)8-18(24,6-10)7-11/h9-12,14,24H,4-8H2,1-3H3,(H,21,23)/t10?,11?,12?,14-,18-. The van der Waals surface area contributed by atoms with Crippen molar-refractivity contribution in [2.24, 2.45) is 17.8 Å². The van der Waals surface area contributed by atoms with Gasteiger partial charge in [-0.25, -0.2) is 4.68 Å². The first-order chi connectivity index (χ1) is 11.2. The Bertz CT molecular complexity index is 662. The van der Waals surface area contributed by atoms with Gasteiger partial charge in [0.25, 0.3) is 5.91 Å². The molecular formula is C18H26ClN3O2. The van der Waals surface area contributed by atoms with Crippen LogP contribution in [0.2, 0.25) is 5.15 Å². The van der Waals surface area contributed by atoms with Gasteiger partial charge in [0.15, 0.2) is 0 Å². The zero-order chi connectivity index (χ0) is 17.3. The molecule has 5 nitrogen and oxygen atoms in total. The summed E-state index contributed by atoms with van der Waals surface area (Å²) in [4.78, 5) is 12.8. The van der Waals surface area contributed by atoms with Crippen LogP contribution in [0.25, 0.3) is 0 Å². The van der Waals surface area contributed by atoms with Gasteiger partial charge in [-0.05, 0) is 70.6 Å². The Hall–Kier alpha value is -1.07. The normalized spacial score (nSPS) is 37.7. The molecule has 4 fully saturated rings. The average Bonchev–Trinajstić information content (AvgIpc) is 2.82. The monoisotopic (exact) mass is 351 g/mol. The lowest BCUT2D eigenvalue weighted by atomic mass is 9.52. The number of aliphatic hydroxyl groups is 1. The second-order valence-electron chi connectivity index (χ2n) is 9.13. The van der Waals surface area contributed by atoms with Crippen LogP contribution in [0.4, 0.5) is 0 Å². The molecule has 2 unspecified atom stereocenters. The molecule has 0 aromatic carbocycles. The van der Waals surface area contributed by atoms with Crippen LogP contribution in [0, 0.1) is 17.8 Å². The van der Waals surface area contributed by atoms with E-state index in [0.717, 1.165) is 32.1 Å². The Morgan fingerprint density at radius 2 is 1.96 bits per heavy atom. The first kappa shape index (κ1) is 16.4. The number of halogens is 1. The molecule has 2 atom stereocenters. The topological polar surface area (TPSA) is 67.2 Å². The molecule has 4 aliphatic rings. The molecule has 6 heteroatoms. The van der Waals surface area contributed by atoms with Crippen molar-refractivity contribution in [1.29, 1.82) is 0 Å². The predicted molar refractivity (Wildman–Crippen MR) is 92.0 cm³/mol. The number of carbonyl (C=O) groups excluding carboxylic acids is 1. The van der Waals surface area contributed by atoms with Gasteiger partial charge in [-0.2, -0.15) is 5.10 Å². The van der Waals surface area contributed by atoms with Crippen LogP contribution >= 0.6 is 11.6 Å². The SMILES string of the molecule is CC(C)(C)n1ncc(C(=O)N[C@H]2C3CC4CC2C[C@](O)(C4)C3)c1Cl. The summed E-state index contributed by atoms with van der Waals surface area (Å²) in [6, 6.07) is 0.156. The summed E-state index contributed by atoms with van der Waals surface area (Å²) < 4.78 is 1.68. The molecule has 0 radical (unpaired) electrons. The van der Waals surface area contributed by atoms with E-state index in [1.807, 2.05) is 20.8 Å². The summed E-state index contributed by atoms with van der Waals surface area (Å²) >= 11 is 6.39. The van der Waals surface area contributed by atoms with E-state index in [9.17, 15) is 9.90 Å². The third-order valence-electron chi connectivity index (χ3n) is 6.13. The Kier molecular flexibility index (Phi) is 3.56. The molecule has 1 amide bonds. The number of amides is 1. The fourth-order valence-electron chi connectivity index (χ4n) is 5.40. The molecule has 1 aromatic heterocycles. The molecule has 0 spiro atoms. The van der Waals surface area contributed by atoms with E-state index in [0.29, 0.717) is 28.5 Å². The zero-order valence-corrected chi connectivity index (χ0v) is 15.3. The molecular weight excluding hydrogens is 326 g/mol. The Balaban J connectivity index is 1.52. The smallest absolute Gasteiger partial charge is 0.256 e. The van der Waals surface area contributed by atoms with Gasteiger partial charge in [-0.15, -0.1) is 0 Å². The summed E-state index contributed by atoms with van der Waals surface area (Å²) in [6.07, 6.45) is 6.40. The number of aromatic nitrogens is 2. The lowest BCUT2D eigenvalue weighted by Gasteiger charge is -2.58. The Labute approximate surface area is 147 Å². The van der Waals surface area contributed by atoms with Crippen molar-refractivity contribution in [1.82, 2.24) is 15.1 Å². The average molecular weight is 352 g/mol. The van der Waals surface area contributed by atoms with Crippen molar-refractivity contribution in [2.45, 2.75) is 70.1 Å². The third kappa shape index (κ3) is 2.57. The molecule has 24 heavy (non-hydrogen) atoms. The maximum Gasteiger partial charge on any atom is 0.256 e. The van der Waals surface area contributed by atoms with Crippen molar-refractivity contribution in [3.05, 3.63) is 16.9 Å². The largest absolute Gasteiger partial charge is 0.390 e. The highest BCUT2D eigenvalue weighted by atomic mass is 35.5. The maximum atomic E-state index is 12.8. The highest BCUT2D eigenvalue weighted by Crippen LogP contribution is 2.55. The van der Waals surface area contributed by atoms with E-state index in [2.05, 4.69) is 10.4 Å². The minimum absolute atomic E-state index is 0.139. The summed E-state index contributed by atoms with van der Waals surface area (Å²) in [5.74, 6) is 1.27. The van der Waals surface area contributed by atoms with Crippen molar-refractivity contribution in [2.75, 3.05) is 0 Å². The van der Waals surface area contributed by atoms with E-state index in [4.69, 9.17) is 11.6 Å². The molecule has 2 N–H and O–H groups in total. The summed E-state index contributed by atoms with van der Waals surface area (Å²) in [5.41, 5.74) is -0.298. The van der Waals surface area contributed by atoms with E-state index >= 15 is 0 Å². The van der Waals surface area contributed by atoms with Gasteiger partial charge in [0, 0.05) is 6.04 Å². The first-order valence-corrected chi connectivity index (χ1v) is 9.31. The second-order valence-corrected chi connectivity index (χ2v) is 9.48. The first-order valence-electron chi connectivity index (χ1n) is 8.93. The number of hydrogen-bond donors (Lipinski definition) is 2. The highest BCUT2D eigenvalue weighted by molar-refractivity contribution is 6.32. The minimum atomic E-state index is -0.480. The van der Waals surface area contributed by atoms with Crippen molar-refractivity contribution < 1.29 is 9.90 Å². The van der Waals surface area contributed by atoms with E-state index in [-0.39, 0.29) is 17.5 Å². The number of hydrogen-bond acceptors (Lipinski definition) is 3. The second kappa shape index (κ2) is 5.21. The van der Waals surface area contributed by atoms with Crippen LogP contribution in [0.15, 0.2) is 6.20 Å². The Morgan fingerprint density at radius 1 is 1.33 bits per heavy atom. The predicted octanol–water partition coefficient (Wildman–Crippen LogP) is 2.96. The van der Waals surface area contributed by atoms with Crippen LogP contribution in [0.3, 0.4) is 0 Å². The van der Waals surface area contributed by atoms with Crippen LogP contribution < -0.4 is 5.32 Å². The van der Waals surface area contributed by atoms with Crippen LogP contribution in [-0.2, 0) is 5.54 Å². The molecule has 4 saturated carbocycles. The quantitative estimate of drug-likeness (QED) is 0.860. The van der Waals surface area contributed by atoms with Crippen molar-refractivity contribution in [3.63, 3.8) is 0 Å². The molecule has 1 heterocycles. The van der Waals surface area contributed by atoms with Gasteiger partial charge >= 0.3 is 0 Å². The number of rotatable bonds is 2. The number of nitrogens with zero attached hydrogens (tertiary/aromatic N) is 2. The molecule has 4 bridgehead atoms. The molecule has 4 aliphatic carbocycles. The lowest BCUT2D eigenvalue weighted by Crippen LogP contribution is -2.61. The van der Waals surface area contributed by atoms with Gasteiger partial charge in [0.2, 0.25) is 0 Å². The zero-order valence-electron chi connectivity index (χ0n) is 14.6.